The Hall–Kier alpha value is -2.25. The fourth-order valence-electron chi connectivity index (χ4n) is 3.02. The zero-order valence-corrected chi connectivity index (χ0v) is 13.0. The number of anilines is 1. The molecule has 120 valence electrons. The van der Waals surface area contributed by atoms with Crippen molar-refractivity contribution in [3.8, 4) is 11.8 Å². The van der Waals surface area contributed by atoms with Gasteiger partial charge in [0.1, 0.15) is 5.60 Å². The summed E-state index contributed by atoms with van der Waals surface area (Å²) in [6.07, 6.45) is 1.48. The zero-order chi connectivity index (χ0) is 15.7. The average Bonchev–Trinajstić information content (AvgIpc) is 2.80. The van der Waals surface area contributed by atoms with Gasteiger partial charge in [0.15, 0.2) is 0 Å². The van der Waals surface area contributed by atoms with Crippen molar-refractivity contribution in [2.24, 2.45) is 0 Å². The van der Waals surface area contributed by atoms with E-state index in [9.17, 15) is 4.79 Å². The first kappa shape index (κ1) is 14.7. The normalized spacial score (nSPS) is 24.6. The zero-order valence-electron chi connectivity index (χ0n) is 13.0. The van der Waals surface area contributed by atoms with Gasteiger partial charge in [0.05, 0.1) is 33.4 Å². The van der Waals surface area contributed by atoms with Crippen LogP contribution in [0, 0.1) is 0 Å². The number of carbonyl (C=O) groups excluding carboxylic acids is 1. The lowest BCUT2D eigenvalue weighted by atomic mass is 9.93. The van der Waals surface area contributed by atoms with Crippen molar-refractivity contribution in [2.45, 2.75) is 18.4 Å². The molecule has 1 aromatic rings. The van der Waals surface area contributed by atoms with E-state index in [1.807, 2.05) is 4.90 Å². The largest absolute Gasteiger partial charge is 0.481 e. The predicted molar refractivity (Wildman–Crippen MR) is 78.4 cm³/mol. The molecule has 0 aliphatic carbocycles. The number of methoxy groups -OCH3 is 2. The van der Waals surface area contributed by atoms with Gasteiger partial charge < -0.3 is 24.0 Å². The van der Waals surface area contributed by atoms with Crippen LogP contribution in [0.1, 0.15) is 12.8 Å². The Morgan fingerprint density at radius 3 is 2.45 bits per heavy atom. The van der Waals surface area contributed by atoms with Crippen LogP contribution in [-0.2, 0) is 4.74 Å². The van der Waals surface area contributed by atoms with Gasteiger partial charge in [0.2, 0.25) is 17.7 Å². The van der Waals surface area contributed by atoms with E-state index in [1.165, 1.54) is 0 Å². The molecular formula is C14H20N4O4. The fourth-order valence-corrected chi connectivity index (χ4v) is 3.02. The van der Waals surface area contributed by atoms with Crippen LogP contribution in [0.15, 0.2) is 6.07 Å². The molecule has 3 rings (SSSR count). The first-order valence-electron chi connectivity index (χ1n) is 7.21. The van der Waals surface area contributed by atoms with Crippen molar-refractivity contribution >= 4 is 12.0 Å². The summed E-state index contributed by atoms with van der Waals surface area (Å²) in [6.45, 7) is 1.96. The Kier molecular flexibility index (Phi) is 3.67. The molecule has 8 heteroatoms. The summed E-state index contributed by atoms with van der Waals surface area (Å²) in [5.74, 6) is 1.42. The second kappa shape index (κ2) is 5.51. The molecule has 8 nitrogen and oxygen atoms in total. The van der Waals surface area contributed by atoms with Gasteiger partial charge in [-0.1, -0.05) is 0 Å². The molecular weight excluding hydrogens is 288 g/mol. The molecule has 1 aromatic heterocycles. The predicted octanol–water partition coefficient (Wildman–Crippen LogP) is 0.915. The minimum absolute atomic E-state index is 0.272. The summed E-state index contributed by atoms with van der Waals surface area (Å²) in [5.41, 5.74) is -0.482. The number of hydrogen-bond acceptors (Lipinski definition) is 7. The summed E-state index contributed by atoms with van der Waals surface area (Å²) in [7, 11) is 4.86. The topological polar surface area (TPSA) is 77.0 Å². The number of ether oxygens (including phenoxy) is 3. The van der Waals surface area contributed by atoms with Crippen molar-refractivity contribution in [3.05, 3.63) is 6.07 Å². The highest BCUT2D eigenvalue weighted by Crippen LogP contribution is 2.33. The summed E-state index contributed by atoms with van der Waals surface area (Å²) in [6, 6.07) is 1.63. The third-order valence-electron chi connectivity index (χ3n) is 4.05. The molecule has 1 amide bonds. The molecule has 0 bridgehead atoms. The molecule has 1 unspecified atom stereocenters. The number of nitrogens with zero attached hydrogens (tertiary/aromatic N) is 4. The minimum atomic E-state index is -0.482. The summed E-state index contributed by atoms with van der Waals surface area (Å²) >= 11 is 0. The molecule has 1 atom stereocenters. The minimum Gasteiger partial charge on any atom is -0.481 e. The number of carbonyl (C=O) groups is 1. The van der Waals surface area contributed by atoms with Gasteiger partial charge in [-0.05, 0) is 12.8 Å². The first-order valence-corrected chi connectivity index (χ1v) is 7.21. The second-order valence-electron chi connectivity index (χ2n) is 5.68. The Bertz CT molecular complexity index is 560. The molecule has 1 spiro atoms. The highest BCUT2D eigenvalue weighted by Gasteiger charge is 2.47. The Balaban J connectivity index is 1.84. The fraction of sp³-hybridized carbons (Fsp3) is 0.643. The lowest BCUT2D eigenvalue weighted by Crippen LogP contribution is -2.51. The molecule has 0 radical (unpaired) electrons. The standard InChI is InChI=1S/C14H20N4O4/c1-17-8-14(22-13(17)19)5-4-6-18(9-14)12-15-10(20-2)7-11(16-12)21-3/h7H,4-6,8-9H2,1-3H3. The first-order chi connectivity index (χ1) is 10.5. The van der Waals surface area contributed by atoms with Crippen LogP contribution in [0.4, 0.5) is 10.7 Å². The van der Waals surface area contributed by atoms with Crippen LogP contribution in [0.5, 0.6) is 11.8 Å². The number of amides is 1. The van der Waals surface area contributed by atoms with E-state index >= 15 is 0 Å². The van der Waals surface area contributed by atoms with Gasteiger partial charge in [-0.2, -0.15) is 9.97 Å². The maximum absolute atomic E-state index is 11.7. The number of hydrogen-bond donors (Lipinski definition) is 0. The second-order valence-corrected chi connectivity index (χ2v) is 5.68. The van der Waals surface area contributed by atoms with E-state index in [4.69, 9.17) is 14.2 Å². The van der Waals surface area contributed by atoms with E-state index in [0.29, 0.717) is 30.8 Å². The van der Waals surface area contributed by atoms with Gasteiger partial charge in [0.25, 0.3) is 0 Å². The highest BCUT2D eigenvalue weighted by atomic mass is 16.6. The Morgan fingerprint density at radius 1 is 1.23 bits per heavy atom. The van der Waals surface area contributed by atoms with Gasteiger partial charge in [-0.25, -0.2) is 4.79 Å². The van der Waals surface area contributed by atoms with Crippen LogP contribution < -0.4 is 14.4 Å². The quantitative estimate of drug-likeness (QED) is 0.821. The summed E-state index contributed by atoms with van der Waals surface area (Å²) < 4.78 is 16.0. The Morgan fingerprint density at radius 2 is 1.91 bits per heavy atom. The number of likely N-dealkylation sites (N-methyl/N-ethyl adjacent to an activating group) is 1. The lowest BCUT2D eigenvalue weighted by Gasteiger charge is -2.38. The summed E-state index contributed by atoms with van der Waals surface area (Å²) in [5, 5.41) is 0. The van der Waals surface area contributed by atoms with E-state index < -0.39 is 5.60 Å². The van der Waals surface area contributed by atoms with Crippen LogP contribution >= 0.6 is 0 Å². The molecule has 2 fully saturated rings. The lowest BCUT2D eigenvalue weighted by molar-refractivity contribution is 0.0442. The molecule has 2 aliphatic heterocycles. The highest BCUT2D eigenvalue weighted by molar-refractivity contribution is 5.70. The number of piperidine rings is 1. The average molecular weight is 308 g/mol. The molecule has 2 aliphatic rings. The van der Waals surface area contributed by atoms with Crippen LogP contribution in [0.2, 0.25) is 0 Å². The van der Waals surface area contributed by atoms with E-state index in [1.54, 1.807) is 32.2 Å². The number of rotatable bonds is 3. The molecule has 0 aromatic carbocycles. The molecule has 22 heavy (non-hydrogen) atoms. The van der Waals surface area contributed by atoms with Gasteiger partial charge in [-0.15, -0.1) is 0 Å². The van der Waals surface area contributed by atoms with E-state index in [0.717, 1.165) is 19.4 Å². The third kappa shape index (κ3) is 2.60. The van der Waals surface area contributed by atoms with Gasteiger partial charge >= 0.3 is 6.09 Å². The number of aromatic nitrogens is 2. The third-order valence-corrected chi connectivity index (χ3v) is 4.05. The van der Waals surface area contributed by atoms with Crippen LogP contribution in [0.3, 0.4) is 0 Å². The van der Waals surface area contributed by atoms with Gasteiger partial charge in [0, 0.05) is 13.6 Å². The van der Waals surface area contributed by atoms with Crippen molar-refractivity contribution in [2.75, 3.05) is 45.8 Å². The van der Waals surface area contributed by atoms with E-state index in [-0.39, 0.29) is 6.09 Å². The van der Waals surface area contributed by atoms with Gasteiger partial charge in [-0.3, -0.25) is 0 Å². The van der Waals surface area contributed by atoms with Crippen LogP contribution in [-0.4, -0.2) is 67.5 Å². The monoisotopic (exact) mass is 308 g/mol. The SMILES string of the molecule is COc1cc(OC)nc(N2CCCC3(CN(C)C(=O)O3)C2)n1. The van der Waals surface area contributed by atoms with Crippen LogP contribution in [0.25, 0.3) is 0 Å². The van der Waals surface area contributed by atoms with Crippen molar-refractivity contribution in [1.29, 1.82) is 0 Å². The van der Waals surface area contributed by atoms with Crippen molar-refractivity contribution in [1.82, 2.24) is 14.9 Å². The van der Waals surface area contributed by atoms with E-state index in [2.05, 4.69) is 9.97 Å². The Labute approximate surface area is 129 Å². The smallest absolute Gasteiger partial charge is 0.410 e. The maximum atomic E-state index is 11.7. The molecule has 0 saturated carbocycles. The van der Waals surface area contributed by atoms with Crippen molar-refractivity contribution in [3.63, 3.8) is 0 Å². The van der Waals surface area contributed by atoms with Crippen molar-refractivity contribution < 1.29 is 19.0 Å². The molecule has 3 heterocycles. The maximum Gasteiger partial charge on any atom is 0.410 e. The molecule has 0 N–H and O–H groups in total. The summed E-state index contributed by atoms with van der Waals surface area (Å²) in [4.78, 5) is 24.1. The molecule has 2 saturated heterocycles.